The first-order valence-corrected chi connectivity index (χ1v) is 9.15. The Hall–Kier alpha value is -1.96. The topological polar surface area (TPSA) is 106 Å². The summed E-state index contributed by atoms with van der Waals surface area (Å²) in [6, 6.07) is 0. The van der Waals surface area contributed by atoms with E-state index in [9.17, 15) is 14.7 Å². The molecule has 0 radical (unpaired) electrons. The number of aliphatic hydroxyl groups excluding tert-OH is 2. The van der Waals surface area contributed by atoms with Gasteiger partial charge in [-0.2, -0.15) is 0 Å². The second kappa shape index (κ2) is 7.58. The molecule has 0 amide bonds. The van der Waals surface area contributed by atoms with Gasteiger partial charge in [0.2, 0.25) is 0 Å². The summed E-state index contributed by atoms with van der Waals surface area (Å²) in [7, 11) is 0. The third-order valence-corrected chi connectivity index (χ3v) is 5.59. The quantitative estimate of drug-likeness (QED) is 0.328. The Bertz CT molecular complexity index is 707. The molecule has 3 aliphatic rings. The molecule has 148 valence electrons. The highest BCUT2D eigenvalue weighted by atomic mass is 16.6. The fourth-order valence-electron chi connectivity index (χ4n) is 3.95. The van der Waals surface area contributed by atoms with Gasteiger partial charge in [-0.25, -0.2) is 9.59 Å². The minimum Gasteiger partial charge on any atom is -0.458 e. The van der Waals surface area contributed by atoms with E-state index in [0.29, 0.717) is 6.42 Å². The van der Waals surface area contributed by atoms with Gasteiger partial charge in [-0.05, 0) is 32.8 Å². The average molecular weight is 378 g/mol. The van der Waals surface area contributed by atoms with Gasteiger partial charge in [-0.15, -0.1) is 0 Å². The van der Waals surface area contributed by atoms with E-state index in [1.807, 2.05) is 13.8 Å². The van der Waals surface area contributed by atoms with Crippen molar-refractivity contribution in [2.24, 2.45) is 5.92 Å². The first kappa shape index (κ1) is 19.8. The van der Waals surface area contributed by atoms with Gasteiger partial charge in [-0.3, -0.25) is 0 Å². The van der Waals surface area contributed by atoms with E-state index in [-0.39, 0.29) is 29.5 Å². The fraction of sp³-hybridized carbons (Fsp3) is 0.600. The monoisotopic (exact) mass is 378 g/mol. The highest BCUT2D eigenvalue weighted by Crippen LogP contribution is 2.50. The van der Waals surface area contributed by atoms with E-state index in [4.69, 9.17) is 19.3 Å². The first-order valence-electron chi connectivity index (χ1n) is 9.15. The molecule has 5 atom stereocenters. The molecule has 2 heterocycles. The number of allylic oxidation sites excluding steroid dienone is 1. The summed E-state index contributed by atoms with van der Waals surface area (Å²) >= 11 is 0. The van der Waals surface area contributed by atoms with Crippen LogP contribution in [0.1, 0.15) is 33.1 Å². The van der Waals surface area contributed by atoms with Crippen molar-refractivity contribution in [1.29, 1.82) is 0 Å². The minimum absolute atomic E-state index is 0.0314. The average Bonchev–Trinajstić information content (AvgIpc) is 3.19. The van der Waals surface area contributed by atoms with Crippen molar-refractivity contribution in [3.05, 3.63) is 35.5 Å². The van der Waals surface area contributed by atoms with E-state index < -0.39 is 36.7 Å². The molecule has 2 saturated heterocycles. The summed E-state index contributed by atoms with van der Waals surface area (Å²) in [4.78, 5) is 24.6. The van der Waals surface area contributed by atoms with E-state index in [1.54, 1.807) is 0 Å². The maximum Gasteiger partial charge on any atom is 0.336 e. The molecule has 27 heavy (non-hydrogen) atoms. The van der Waals surface area contributed by atoms with Crippen LogP contribution in [0, 0.1) is 5.92 Å². The van der Waals surface area contributed by atoms with Crippen LogP contribution in [0.15, 0.2) is 35.5 Å². The number of ether oxygens (including phenoxy) is 3. The molecule has 0 aromatic rings. The van der Waals surface area contributed by atoms with E-state index in [1.165, 1.54) is 6.08 Å². The number of epoxide rings is 1. The maximum absolute atomic E-state index is 12.5. The van der Waals surface area contributed by atoms with Crippen molar-refractivity contribution >= 4 is 11.9 Å². The van der Waals surface area contributed by atoms with Crippen LogP contribution in [0.2, 0.25) is 0 Å². The maximum atomic E-state index is 12.5. The lowest BCUT2D eigenvalue weighted by molar-refractivity contribution is -0.149. The van der Waals surface area contributed by atoms with Gasteiger partial charge in [-0.1, -0.05) is 18.2 Å². The van der Waals surface area contributed by atoms with Gasteiger partial charge >= 0.3 is 11.9 Å². The van der Waals surface area contributed by atoms with Gasteiger partial charge in [0, 0.05) is 12.0 Å². The molecular weight excluding hydrogens is 352 g/mol. The molecule has 7 heteroatoms. The highest BCUT2D eigenvalue weighted by Gasteiger charge is 2.63. The molecule has 0 spiro atoms. The summed E-state index contributed by atoms with van der Waals surface area (Å²) < 4.78 is 17.1. The predicted molar refractivity (Wildman–Crippen MR) is 95.5 cm³/mol. The van der Waals surface area contributed by atoms with Gasteiger partial charge in [0.05, 0.1) is 30.3 Å². The molecule has 3 rings (SSSR count). The molecule has 0 saturated carbocycles. The number of aliphatic hydroxyl groups is 2. The summed E-state index contributed by atoms with van der Waals surface area (Å²) in [5, 5.41) is 18.4. The molecular formula is C20H26O7. The Kier molecular flexibility index (Phi) is 5.55. The van der Waals surface area contributed by atoms with Crippen LogP contribution in [0.4, 0.5) is 0 Å². The van der Waals surface area contributed by atoms with Gasteiger partial charge in [0.25, 0.3) is 0 Å². The Morgan fingerprint density at radius 1 is 1.48 bits per heavy atom. The largest absolute Gasteiger partial charge is 0.458 e. The summed E-state index contributed by atoms with van der Waals surface area (Å²) in [5.74, 6) is -1.76. The van der Waals surface area contributed by atoms with E-state index in [2.05, 4.69) is 12.7 Å². The molecule has 7 nitrogen and oxygen atoms in total. The summed E-state index contributed by atoms with van der Waals surface area (Å²) in [6.07, 6.45) is 3.85. The Morgan fingerprint density at radius 3 is 2.89 bits per heavy atom. The standard InChI is InChI=1S/C20H26O7/c1-11-5-4-7-20(3)17(27-20)16-15(12(2)18(23)26-16)14(9-11)25-19(24)13(10-22)6-8-21/h5-6,14-17,21-22H,2,4,7-10H2,1,3H3/b11-5+,13-6+/t14-,15+,16?,17-,20+/m0/s1. The second-order valence-electron chi connectivity index (χ2n) is 7.58. The van der Waals surface area contributed by atoms with Crippen LogP contribution in [-0.2, 0) is 23.8 Å². The van der Waals surface area contributed by atoms with Crippen LogP contribution in [0.5, 0.6) is 0 Å². The fourth-order valence-corrected chi connectivity index (χ4v) is 3.95. The molecule has 0 bridgehead atoms. The third-order valence-electron chi connectivity index (χ3n) is 5.59. The zero-order valence-electron chi connectivity index (χ0n) is 15.6. The van der Waals surface area contributed by atoms with Crippen LogP contribution in [0.25, 0.3) is 0 Å². The van der Waals surface area contributed by atoms with Crippen molar-refractivity contribution in [2.45, 2.75) is 57.0 Å². The zero-order chi connectivity index (χ0) is 19.8. The van der Waals surface area contributed by atoms with E-state index in [0.717, 1.165) is 18.4 Å². The molecule has 2 fully saturated rings. The summed E-state index contributed by atoms with van der Waals surface area (Å²) in [6.45, 7) is 6.86. The van der Waals surface area contributed by atoms with Crippen LogP contribution in [0.3, 0.4) is 0 Å². The smallest absolute Gasteiger partial charge is 0.336 e. The number of carbonyl (C=O) groups is 2. The van der Waals surface area contributed by atoms with Crippen molar-refractivity contribution in [3.63, 3.8) is 0 Å². The number of esters is 2. The van der Waals surface area contributed by atoms with E-state index >= 15 is 0 Å². The predicted octanol–water partition coefficient (Wildman–Crippen LogP) is 1.19. The second-order valence-corrected chi connectivity index (χ2v) is 7.58. The SMILES string of the molecule is C=C1C(=O)OC2[C@H]1[C@@H](OC(=O)/C(=C/CO)CO)C/C(C)=C/CC[C@@]1(C)O[C@@H]21. The highest BCUT2D eigenvalue weighted by molar-refractivity contribution is 5.92. The summed E-state index contributed by atoms with van der Waals surface area (Å²) in [5.41, 5.74) is 0.888. The normalized spacial score (nSPS) is 38.2. The lowest BCUT2D eigenvalue weighted by Crippen LogP contribution is -2.38. The number of hydrogen-bond donors (Lipinski definition) is 2. The Morgan fingerprint density at radius 2 is 2.22 bits per heavy atom. The van der Waals surface area contributed by atoms with Crippen molar-refractivity contribution < 1.29 is 34.0 Å². The van der Waals surface area contributed by atoms with Crippen molar-refractivity contribution in [2.75, 3.05) is 13.2 Å². The number of rotatable bonds is 4. The van der Waals surface area contributed by atoms with Gasteiger partial charge in [0.1, 0.15) is 18.3 Å². The van der Waals surface area contributed by atoms with Crippen LogP contribution >= 0.6 is 0 Å². The molecule has 0 aromatic heterocycles. The number of fused-ring (bicyclic) bond motifs is 3. The molecule has 2 N–H and O–H groups in total. The number of hydrogen-bond acceptors (Lipinski definition) is 7. The first-order chi connectivity index (χ1) is 12.8. The van der Waals surface area contributed by atoms with Crippen LogP contribution in [-0.4, -0.2) is 59.3 Å². The Balaban J connectivity index is 1.92. The van der Waals surface area contributed by atoms with Crippen molar-refractivity contribution in [3.8, 4) is 0 Å². The molecule has 0 aromatic carbocycles. The lowest BCUT2D eigenvalue weighted by atomic mass is 9.82. The Labute approximate surface area is 158 Å². The molecule has 1 unspecified atom stereocenters. The van der Waals surface area contributed by atoms with Gasteiger partial charge < -0.3 is 24.4 Å². The molecule has 2 aliphatic heterocycles. The van der Waals surface area contributed by atoms with Crippen molar-refractivity contribution in [1.82, 2.24) is 0 Å². The van der Waals surface area contributed by atoms with Gasteiger partial charge in [0.15, 0.2) is 0 Å². The third kappa shape index (κ3) is 3.85. The zero-order valence-corrected chi connectivity index (χ0v) is 15.6. The van der Waals surface area contributed by atoms with Crippen LogP contribution < -0.4 is 0 Å². The molecule has 1 aliphatic carbocycles. The number of carbonyl (C=O) groups excluding carboxylic acids is 2. The lowest BCUT2D eigenvalue weighted by Gasteiger charge is -2.28. The minimum atomic E-state index is -0.730.